The number of anilines is 2. The zero-order chi connectivity index (χ0) is 13.9. The lowest BCUT2D eigenvalue weighted by Crippen LogP contribution is -1.99. The number of rotatable bonds is 4. The van der Waals surface area contributed by atoms with Gasteiger partial charge in [-0.1, -0.05) is 0 Å². The number of hydrogen-bond acceptors (Lipinski definition) is 6. The van der Waals surface area contributed by atoms with E-state index in [-0.39, 0.29) is 0 Å². The predicted molar refractivity (Wildman–Crippen MR) is 86.1 cm³/mol. The molecule has 20 heavy (non-hydrogen) atoms. The van der Waals surface area contributed by atoms with E-state index in [0.29, 0.717) is 5.82 Å². The lowest BCUT2D eigenvalue weighted by atomic mass is 10.1. The Hall–Kier alpha value is -1.92. The zero-order valence-electron chi connectivity index (χ0n) is 11.0. The number of thiophene rings is 1. The first-order chi connectivity index (χ1) is 9.75. The third-order valence-electron chi connectivity index (χ3n) is 3.09. The summed E-state index contributed by atoms with van der Waals surface area (Å²) in [6, 6.07) is 3.89. The van der Waals surface area contributed by atoms with E-state index in [9.17, 15) is 0 Å². The second-order valence-electron chi connectivity index (χ2n) is 4.44. The van der Waals surface area contributed by atoms with Gasteiger partial charge in [-0.15, -0.1) is 0 Å². The maximum Gasteiger partial charge on any atom is 0.147 e. The summed E-state index contributed by atoms with van der Waals surface area (Å²) in [4.78, 5) is 4.04. The molecule has 3 rings (SSSR count). The molecule has 3 aromatic heterocycles. The minimum atomic E-state index is 0.561. The monoisotopic (exact) mass is 302 g/mol. The van der Waals surface area contributed by atoms with E-state index in [1.165, 1.54) is 22.7 Å². The van der Waals surface area contributed by atoms with Crippen LogP contribution in [0.25, 0.3) is 11.1 Å². The molecule has 6 heteroatoms. The average molecular weight is 302 g/mol. The van der Waals surface area contributed by atoms with E-state index in [2.05, 4.69) is 32.4 Å². The zero-order valence-corrected chi connectivity index (χ0v) is 12.6. The normalized spacial score (nSPS) is 10.7. The van der Waals surface area contributed by atoms with Gasteiger partial charge in [-0.05, 0) is 58.0 Å². The Morgan fingerprint density at radius 3 is 2.75 bits per heavy atom. The summed E-state index contributed by atoms with van der Waals surface area (Å²) in [5.74, 6) is 0.561. The smallest absolute Gasteiger partial charge is 0.147 e. The summed E-state index contributed by atoms with van der Waals surface area (Å²) < 4.78 is 4.25. The average Bonchev–Trinajstić information content (AvgIpc) is 3.03. The van der Waals surface area contributed by atoms with Gasteiger partial charge < -0.3 is 11.1 Å². The molecule has 0 fully saturated rings. The first-order valence-electron chi connectivity index (χ1n) is 6.17. The summed E-state index contributed by atoms with van der Waals surface area (Å²) in [6.45, 7) is 2.91. The SMILES string of the molecule is Cc1cscc1CNc1snc(N)c1-c1ccncc1. The second-order valence-corrected chi connectivity index (χ2v) is 5.96. The Morgan fingerprint density at radius 2 is 2.05 bits per heavy atom. The van der Waals surface area contributed by atoms with Crippen LogP contribution in [-0.2, 0) is 6.54 Å². The summed E-state index contributed by atoms with van der Waals surface area (Å²) in [5.41, 5.74) is 10.6. The maximum absolute atomic E-state index is 5.99. The molecule has 0 atom stereocenters. The summed E-state index contributed by atoms with van der Waals surface area (Å²) >= 11 is 3.12. The van der Waals surface area contributed by atoms with Gasteiger partial charge in [0.15, 0.2) is 0 Å². The van der Waals surface area contributed by atoms with Crippen LogP contribution in [0.1, 0.15) is 11.1 Å². The van der Waals surface area contributed by atoms with Gasteiger partial charge in [0.05, 0.1) is 5.56 Å². The number of nitrogens with zero attached hydrogens (tertiary/aromatic N) is 2. The van der Waals surface area contributed by atoms with Crippen LogP contribution >= 0.6 is 22.9 Å². The number of nitrogens with two attached hydrogens (primary N) is 1. The highest BCUT2D eigenvalue weighted by molar-refractivity contribution is 7.11. The fraction of sp³-hybridized carbons (Fsp3) is 0.143. The first-order valence-corrected chi connectivity index (χ1v) is 7.88. The van der Waals surface area contributed by atoms with Crippen LogP contribution in [0.5, 0.6) is 0 Å². The van der Waals surface area contributed by atoms with Crippen molar-refractivity contribution < 1.29 is 0 Å². The standard InChI is InChI=1S/C14H14N4S2/c1-9-7-19-8-11(9)6-17-14-12(13(15)18-20-14)10-2-4-16-5-3-10/h2-5,7-8,17H,6H2,1H3,(H2,15,18). The summed E-state index contributed by atoms with van der Waals surface area (Å²) in [6.07, 6.45) is 3.53. The molecule has 0 radical (unpaired) electrons. The number of aryl methyl sites for hydroxylation is 1. The molecule has 3 N–H and O–H groups in total. The Bertz CT molecular complexity index is 703. The van der Waals surface area contributed by atoms with E-state index in [1.54, 1.807) is 23.7 Å². The van der Waals surface area contributed by atoms with Crippen LogP contribution in [-0.4, -0.2) is 9.36 Å². The molecule has 3 aromatic rings. The van der Waals surface area contributed by atoms with Crippen LogP contribution in [0.3, 0.4) is 0 Å². The molecule has 0 unspecified atom stereocenters. The molecule has 0 spiro atoms. The molecule has 4 nitrogen and oxygen atoms in total. The van der Waals surface area contributed by atoms with Gasteiger partial charge in [-0.3, -0.25) is 4.98 Å². The van der Waals surface area contributed by atoms with E-state index >= 15 is 0 Å². The second kappa shape index (κ2) is 5.60. The molecular weight excluding hydrogens is 288 g/mol. The van der Waals surface area contributed by atoms with Gasteiger partial charge in [0.25, 0.3) is 0 Å². The number of hydrogen-bond donors (Lipinski definition) is 2. The molecule has 0 saturated carbocycles. The van der Waals surface area contributed by atoms with Crippen molar-refractivity contribution in [1.29, 1.82) is 0 Å². The number of nitrogen functional groups attached to an aromatic ring is 1. The highest BCUT2D eigenvalue weighted by Gasteiger charge is 2.13. The minimum Gasteiger partial charge on any atom is -0.382 e. The van der Waals surface area contributed by atoms with Crippen molar-refractivity contribution in [1.82, 2.24) is 9.36 Å². The van der Waals surface area contributed by atoms with Gasteiger partial charge in [-0.25, -0.2) is 0 Å². The van der Waals surface area contributed by atoms with Crippen LogP contribution in [0.4, 0.5) is 10.8 Å². The van der Waals surface area contributed by atoms with Gasteiger partial charge >= 0.3 is 0 Å². The van der Waals surface area contributed by atoms with E-state index in [1.807, 2.05) is 12.1 Å². The molecule has 0 aliphatic heterocycles. The van der Waals surface area contributed by atoms with E-state index in [0.717, 1.165) is 22.7 Å². The van der Waals surface area contributed by atoms with Gasteiger partial charge in [0, 0.05) is 18.9 Å². The van der Waals surface area contributed by atoms with E-state index < -0.39 is 0 Å². The fourth-order valence-corrected chi connectivity index (χ4v) is 3.55. The molecule has 0 aromatic carbocycles. The summed E-state index contributed by atoms with van der Waals surface area (Å²) in [7, 11) is 0. The topological polar surface area (TPSA) is 63.8 Å². The Labute approximate surface area is 125 Å². The van der Waals surface area contributed by atoms with Gasteiger partial charge in [0.1, 0.15) is 10.8 Å². The minimum absolute atomic E-state index is 0.561. The highest BCUT2D eigenvalue weighted by Crippen LogP contribution is 2.36. The van der Waals surface area contributed by atoms with Crippen molar-refractivity contribution in [3.05, 3.63) is 46.4 Å². The predicted octanol–water partition coefficient (Wildman–Crippen LogP) is 3.77. The van der Waals surface area contributed by atoms with Crippen molar-refractivity contribution in [2.24, 2.45) is 0 Å². The van der Waals surface area contributed by atoms with Crippen LogP contribution < -0.4 is 11.1 Å². The Kier molecular flexibility index (Phi) is 3.66. The number of aromatic nitrogens is 2. The van der Waals surface area contributed by atoms with E-state index in [4.69, 9.17) is 5.73 Å². The van der Waals surface area contributed by atoms with Crippen molar-refractivity contribution in [2.75, 3.05) is 11.1 Å². The van der Waals surface area contributed by atoms with Gasteiger partial charge in [-0.2, -0.15) is 15.7 Å². The molecule has 0 aliphatic rings. The van der Waals surface area contributed by atoms with Crippen molar-refractivity contribution in [3.8, 4) is 11.1 Å². The van der Waals surface area contributed by atoms with Crippen molar-refractivity contribution >= 4 is 33.7 Å². The third-order valence-corrected chi connectivity index (χ3v) is 4.82. The van der Waals surface area contributed by atoms with Gasteiger partial charge in [0.2, 0.25) is 0 Å². The molecule has 3 heterocycles. The lowest BCUT2D eigenvalue weighted by Gasteiger charge is -2.07. The molecule has 0 bridgehead atoms. The molecule has 0 saturated heterocycles. The molecule has 102 valence electrons. The maximum atomic E-state index is 5.99. The highest BCUT2D eigenvalue weighted by atomic mass is 32.1. The number of pyridine rings is 1. The lowest BCUT2D eigenvalue weighted by molar-refractivity contribution is 1.15. The molecular formula is C14H14N4S2. The molecule has 0 amide bonds. The largest absolute Gasteiger partial charge is 0.382 e. The quantitative estimate of drug-likeness (QED) is 0.770. The van der Waals surface area contributed by atoms with Crippen LogP contribution in [0, 0.1) is 6.92 Å². The number of nitrogens with one attached hydrogen (secondary N) is 1. The first kappa shape index (κ1) is 13.1. The van der Waals surface area contributed by atoms with Crippen LogP contribution in [0.15, 0.2) is 35.3 Å². The fourth-order valence-electron chi connectivity index (χ4n) is 1.96. The van der Waals surface area contributed by atoms with Crippen LogP contribution in [0.2, 0.25) is 0 Å². The van der Waals surface area contributed by atoms with Crippen molar-refractivity contribution in [2.45, 2.75) is 13.5 Å². The molecule has 0 aliphatic carbocycles. The third kappa shape index (κ3) is 2.52. The Morgan fingerprint density at radius 1 is 1.25 bits per heavy atom. The van der Waals surface area contributed by atoms with Crippen molar-refractivity contribution in [3.63, 3.8) is 0 Å². The Balaban J connectivity index is 1.86. The summed E-state index contributed by atoms with van der Waals surface area (Å²) in [5, 5.41) is 8.76.